The Balaban J connectivity index is 1.73. The van der Waals surface area contributed by atoms with Crippen molar-refractivity contribution in [3.05, 3.63) is 22.4 Å². The van der Waals surface area contributed by atoms with E-state index in [0.29, 0.717) is 19.4 Å². The van der Waals surface area contributed by atoms with Crippen molar-refractivity contribution < 1.29 is 14.4 Å². The Morgan fingerprint density at radius 3 is 2.71 bits per heavy atom. The van der Waals surface area contributed by atoms with Gasteiger partial charge in [0, 0.05) is 31.4 Å². The summed E-state index contributed by atoms with van der Waals surface area (Å²) in [6, 6.07) is 3.91. The monoisotopic (exact) mass is 352 g/mol. The molecule has 1 unspecified atom stereocenters. The van der Waals surface area contributed by atoms with Crippen molar-refractivity contribution in [1.82, 2.24) is 20.0 Å². The fourth-order valence-electron chi connectivity index (χ4n) is 2.60. The van der Waals surface area contributed by atoms with Crippen LogP contribution in [0, 0.1) is 0 Å². The van der Waals surface area contributed by atoms with Gasteiger partial charge in [0.25, 0.3) is 0 Å². The molecule has 8 heteroatoms. The molecule has 0 saturated carbocycles. The van der Waals surface area contributed by atoms with E-state index >= 15 is 0 Å². The van der Waals surface area contributed by atoms with Crippen LogP contribution in [0.15, 0.2) is 17.5 Å². The van der Waals surface area contributed by atoms with Gasteiger partial charge in [0.05, 0.1) is 6.04 Å². The second kappa shape index (κ2) is 8.25. The molecule has 0 radical (unpaired) electrons. The van der Waals surface area contributed by atoms with Crippen molar-refractivity contribution in [2.45, 2.75) is 18.9 Å². The molecule has 132 valence electrons. The van der Waals surface area contributed by atoms with Crippen molar-refractivity contribution in [2.24, 2.45) is 0 Å². The normalized spacial score (nSPS) is 16.2. The van der Waals surface area contributed by atoms with Gasteiger partial charge < -0.3 is 15.1 Å². The molecule has 24 heavy (non-hydrogen) atoms. The third kappa shape index (κ3) is 4.55. The molecule has 7 nitrogen and oxygen atoms in total. The number of nitrogens with zero attached hydrogens (tertiary/aromatic N) is 3. The smallest absolute Gasteiger partial charge is 0.326 e. The number of imide groups is 1. The van der Waals surface area contributed by atoms with E-state index < -0.39 is 0 Å². The number of likely N-dealkylation sites (N-methyl/N-ethyl adjacent to an activating group) is 2. The Kier molecular flexibility index (Phi) is 6.33. The standard InChI is InChI=1S/C16H24N4O3S/c1-18(2)12(13-6-5-9-24-13)10-17-14(21)7-4-8-20-15(22)11-19(3)16(20)23/h5-6,9,12H,4,7-8,10-11H2,1-3H3,(H,17,21). The number of carbonyl (C=O) groups excluding carboxylic acids is 3. The van der Waals surface area contributed by atoms with Gasteiger partial charge in [-0.25, -0.2) is 4.79 Å². The number of rotatable bonds is 8. The van der Waals surface area contributed by atoms with Crippen molar-refractivity contribution in [2.75, 3.05) is 40.8 Å². The number of hydrogen-bond donors (Lipinski definition) is 1. The fraction of sp³-hybridized carbons (Fsp3) is 0.562. The minimum Gasteiger partial charge on any atom is -0.354 e. The number of amides is 4. The van der Waals surface area contributed by atoms with Gasteiger partial charge in [0.2, 0.25) is 11.8 Å². The Morgan fingerprint density at radius 2 is 2.17 bits per heavy atom. The van der Waals surface area contributed by atoms with Gasteiger partial charge in [0.15, 0.2) is 0 Å². The molecule has 1 N–H and O–H groups in total. The minimum atomic E-state index is -0.286. The van der Waals surface area contributed by atoms with Crippen LogP contribution in [-0.2, 0) is 9.59 Å². The SMILES string of the molecule is CN1CC(=O)N(CCCC(=O)NCC(c2cccs2)N(C)C)C1=O. The molecule has 2 heterocycles. The number of carbonyl (C=O) groups is 3. The summed E-state index contributed by atoms with van der Waals surface area (Å²) in [4.78, 5) is 41.3. The summed E-state index contributed by atoms with van der Waals surface area (Å²) in [6.45, 7) is 0.949. The van der Waals surface area contributed by atoms with Crippen LogP contribution >= 0.6 is 11.3 Å². The predicted octanol–water partition coefficient (Wildman–Crippen LogP) is 1.14. The highest BCUT2D eigenvalue weighted by atomic mass is 32.1. The van der Waals surface area contributed by atoms with Gasteiger partial charge in [-0.3, -0.25) is 14.5 Å². The largest absolute Gasteiger partial charge is 0.354 e. The second-order valence-corrected chi connectivity index (χ2v) is 7.07. The molecule has 1 aromatic rings. The first kappa shape index (κ1) is 18.4. The molecule has 0 bridgehead atoms. The highest BCUT2D eigenvalue weighted by molar-refractivity contribution is 7.10. The molecule has 1 saturated heterocycles. The Labute approximate surface area is 146 Å². The molecule has 0 aliphatic carbocycles. The Bertz CT molecular complexity index is 588. The van der Waals surface area contributed by atoms with Crippen LogP contribution in [0.4, 0.5) is 4.79 Å². The van der Waals surface area contributed by atoms with Crippen molar-refractivity contribution >= 4 is 29.2 Å². The van der Waals surface area contributed by atoms with Gasteiger partial charge in [-0.05, 0) is 32.0 Å². The maximum absolute atomic E-state index is 12.0. The third-order valence-electron chi connectivity index (χ3n) is 4.00. The maximum Gasteiger partial charge on any atom is 0.326 e. The number of urea groups is 1. The maximum atomic E-state index is 12.0. The van der Waals surface area contributed by atoms with Crippen LogP contribution in [0.3, 0.4) is 0 Å². The summed E-state index contributed by atoms with van der Waals surface area (Å²) in [5.41, 5.74) is 0. The summed E-state index contributed by atoms with van der Waals surface area (Å²) in [6.07, 6.45) is 0.772. The molecule has 0 aromatic carbocycles. The highest BCUT2D eigenvalue weighted by Crippen LogP contribution is 2.22. The average Bonchev–Trinajstić information content (AvgIpc) is 3.11. The Hall–Kier alpha value is -1.93. The van der Waals surface area contributed by atoms with E-state index in [9.17, 15) is 14.4 Å². The summed E-state index contributed by atoms with van der Waals surface area (Å²) in [5, 5.41) is 4.96. The quantitative estimate of drug-likeness (QED) is 0.712. The number of hydrogen-bond acceptors (Lipinski definition) is 5. The molecule has 4 amide bonds. The van der Waals surface area contributed by atoms with Crippen molar-refractivity contribution in [3.8, 4) is 0 Å². The topological polar surface area (TPSA) is 73.0 Å². The molecule has 1 aromatic heterocycles. The molecule has 0 spiro atoms. The van der Waals surface area contributed by atoms with E-state index in [0.717, 1.165) is 0 Å². The molecule has 1 atom stereocenters. The van der Waals surface area contributed by atoms with E-state index in [2.05, 4.69) is 16.3 Å². The molecule has 1 aliphatic rings. The van der Waals surface area contributed by atoms with Crippen molar-refractivity contribution in [3.63, 3.8) is 0 Å². The molecular weight excluding hydrogens is 328 g/mol. The number of nitrogens with one attached hydrogen (secondary N) is 1. The first-order valence-corrected chi connectivity index (χ1v) is 8.80. The van der Waals surface area contributed by atoms with E-state index in [1.165, 1.54) is 14.7 Å². The third-order valence-corrected chi connectivity index (χ3v) is 4.98. The molecule has 1 aliphatic heterocycles. The summed E-state index contributed by atoms with van der Waals surface area (Å²) in [7, 11) is 5.56. The van der Waals surface area contributed by atoms with Gasteiger partial charge >= 0.3 is 6.03 Å². The first-order chi connectivity index (χ1) is 11.4. The van der Waals surface area contributed by atoms with E-state index in [4.69, 9.17) is 0 Å². The fourth-order valence-corrected chi connectivity index (χ4v) is 3.53. The first-order valence-electron chi connectivity index (χ1n) is 7.92. The van der Waals surface area contributed by atoms with E-state index in [-0.39, 0.29) is 37.0 Å². The summed E-state index contributed by atoms with van der Waals surface area (Å²) < 4.78 is 0. The molecule has 1 fully saturated rings. The predicted molar refractivity (Wildman–Crippen MR) is 92.7 cm³/mol. The van der Waals surface area contributed by atoms with Crippen LogP contribution < -0.4 is 5.32 Å². The van der Waals surface area contributed by atoms with Gasteiger partial charge in [-0.15, -0.1) is 11.3 Å². The van der Waals surface area contributed by atoms with Crippen LogP contribution in [0.5, 0.6) is 0 Å². The Morgan fingerprint density at radius 1 is 1.42 bits per heavy atom. The van der Waals surface area contributed by atoms with Gasteiger partial charge in [-0.2, -0.15) is 0 Å². The zero-order chi connectivity index (χ0) is 17.7. The van der Waals surface area contributed by atoms with E-state index in [1.54, 1.807) is 18.4 Å². The lowest BCUT2D eigenvalue weighted by Crippen LogP contribution is -2.35. The lowest BCUT2D eigenvalue weighted by molar-refractivity contribution is -0.126. The van der Waals surface area contributed by atoms with Gasteiger partial charge in [0.1, 0.15) is 6.54 Å². The average molecular weight is 352 g/mol. The van der Waals surface area contributed by atoms with Crippen LogP contribution in [0.25, 0.3) is 0 Å². The van der Waals surface area contributed by atoms with Gasteiger partial charge in [-0.1, -0.05) is 6.07 Å². The van der Waals surface area contributed by atoms with Crippen LogP contribution in [0.2, 0.25) is 0 Å². The summed E-state index contributed by atoms with van der Waals surface area (Å²) in [5.74, 6) is -0.265. The summed E-state index contributed by atoms with van der Waals surface area (Å²) >= 11 is 1.67. The second-order valence-electron chi connectivity index (χ2n) is 6.09. The highest BCUT2D eigenvalue weighted by Gasteiger charge is 2.32. The lowest BCUT2D eigenvalue weighted by Gasteiger charge is -2.23. The zero-order valence-corrected chi connectivity index (χ0v) is 15.1. The van der Waals surface area contributed by atoms with Crippen LogP contribution in [0.1, 0.15) is 23.8 Å². The lowest BCUT2D eigenvalue weighted by atomic mass is 10.2. The number of thiophene rings is 1. The van der Waals surface area contributed by atoms with Crippen LogP contribution in [-0.4, -0.2) is 73.3 Å². The molecule has 2 rings (SSSR count). The molecular formula is C16H24N4O3S. The van der Waals surface area contributed by atoms with Crippen molar-refractivity contribution in [1.29, 1.82) is 0 Å². The minimum absolute atomic E-state index is 0.0640. The zero-order valence-electron chi connectivity index (χ0n) is 14.3. The van der Waals surface area contributed by atoms with E-state index in [1.807, 2.05) is 25.5 Å².